The molecular weight excluding hydrogens is 373 g/mol. The summed E-state index contributed by atoms with van der Waals surface area (Å²) >= 11 is 0. The molecule has 1 N–H and O–H groups in total. The molecule has 1 aromatic heterocycles. The SMILES string of the molecule is CN=C(NCc1noc(C)n1)N1CCN(Cc2cccc(C(F)(F)F)c2)CC1. The molecule has 7 nitrogen and oxygen atoms in total. The van der Waals surface area contributed by atoms with Gasteiger partial charge in [0.25, 0.3) is 0 Å². The number of hydrogen-bond acceptors (Lipinski definition) is 5. The number of alkyl halides is 3. The Balaban J connectivity index is 1.51. The highest BCUT2D eigenvalue weighted by atomic mass is 19.4. The Labute approximate surface area is 161 Å². The summed E-state index contributed by atoms with van der Waals surface area (Å²) in [5, 5.41) is 7.04. The summed E-state index contributed by atoms with van der Waals surface area (Å²) in [6.07, 6.45) is -4.32. The average Bonchev–Trinajstić information content (AvgIpc) is 3.08. The fraction of sp³-hybridized carbons (Fsp3) is 0.500. The second kappa shape index (κ2) is 8.59. The Morgan fingerprint density at radius 3 is 2.61 bits per heavy atom. The van der Waals surface area contributed by atoms with Gasteiger partial charge in [-0.05, 0) is 11.6 Å². The number of nitrogens with zero attached hydrogens (tertiary/aromatic N) is 5. The van der Waals surface area contributed by atoms with Gasteiger partial charge in [-0.1, -0.05) is 23.4 Å². The van der Waals surface area contributed by atoms with E-state index in [0.29, 0.717) is 30.4 Å². The fourth-order valence-electron chi connectivity index (χ4n) is 3.13. The zero-order valence-electron chi connectivity index (χ0n) is 15.8. The molecule has 0 spiro atoms. The third-order valence-electron chi connectivity index (χ3n) is 4.52. The molecule has 0 bridgehead atoms. The average molecular weight is 396 g/mol. The summed E-state index contributed by atoms with van der Waals surface area (Å²) in [5.41, 5.74) is 0.0585. The first-order chi connectivity index (χ1) is 13.3. The van der Waals surface area contributed by atoms with Gasteiger partial charge in [-0.2, -0.15) is 18.2 Å². The molecule has 0 atom stereocenters. The third kappa shape index (κ3) is 5.22. The number of nitrogens with one attached hydrogen (secondary N) is 1. The molecule has 28 heavy (non-hydrogen) atoms. The van der Waals surface area contributed by atoms with Crippen LogP contribution in [-0.4, -0.2) is 59.1 Å². The van der Waals surface area contributed by atoms with Gasteiger partial charge in [0.1, 0.15) is 0 Å². The van der Waals surface area contributed by atoms with Gasteiger partial charge in [-0.3, -0.25) is 9.89 Å². The molecule has 1 aliphatic rings. The van der Waals surface area contributed by atoms with Crippen LogP contribution in [0.15, 0.2) is 33.8 Å². The number of guanidine groups is 1. The highest BCUT2D eigenvalue weighted by molar-refractivity contribution is 5.79. The topological polar surface area (TPSA) is 69.8 Å². The predicted molar refractivity (Wildman–Crippen MR) is 97.5 cm³/mol. The van der Waals surface area contributed by atoms with Crippen molar-refractivity contribution in [2.45, 2.75) is 26.2 Å². The molecule has 0 unspecified atom stereocenters. The minimum absolute atomic E-state index is 0.411. The maximum atomic E-state index is 12.9. The van der Waals surface area contributed by atoms with Crippen LogP contribution in [-0.2, 0) is 19.3 Å². The van der Waals surface area contributed by atoms with Crippen molar-refractivity contribution in [1.29, 1.82) is 0 Å². The number of halogens is 3. The summed E-state index contributed by atoms with van der Waals surface area (Å²) in [5.74, 6) is 1.80. The second-order valence-corrected chi connectivity index (χ2v) is 6.59. The highest BCUT2D eigenvalue weighted by Crippen LogP contribution is 2.29. The molecule has 1 aliphatic heterocycles. The molecule has 3 rings (SSSR count). The largest absolute Gasteiger partial charge is 0.416 e. The zero-order valence-corrected chi connectivity index (χ0v) is 15.8. The van der Waals surface area contributed by atoms with Crippen molar-refractivity contribution in [1.82, 2.24) is 25.3 Å². The van der Waals surface area contributed by atoms with E-state index < -0.39 is 11.7 Å². The van der Waals surface area contributed by atoms with Crippen molar-refractivity contribution in [3.05, 3.63) is 47.1 Å². The first-order valence-electron chi connectivity index (χ1n) is 8.98. The Morgan fingerprint density at radius 1 is 1.25 bits per heavy atom. The van der Waals surface area contributed by atoms with Crippen LogP contribution in [0.5, 0.6) is 0 Å². The van der Waals surface area contributed by atoms with Crippen LogP contribution in [0.2, 0.25) is 0 Å². The van der Waals surface area contributed by atoms with Gasteiger partial charge in [0.15, 0.2) is 11.8 Å². The number of aromatic nitrogens is 2. The minimum atomic E-state index is -4.32. The number of hydrogen-bond donors (Lipinski definition) is 1. The molecule has 0 amide bonds. The van der Waals surface area contributed by atoms with Crippen LogP contribution in [0.1, 0.15) is 22.8 Å². The van der Waals surface area contributed by atoms with E-state index in [2.05, 4.69) is 30.2 Å². The molecule has 0 radical (unpaired) electrons. The standard InChI is InChI=1S/C18H23F3N6O/c1-13-24-16(25-28-13)11-23-17(22-2)27-8-6-26(7-9-27)12-14-4-3-5-15(10-14)18(19,20)21/h3-5,10H,6-9,11-12H2,1-2H3,(H,22,23). The van der Waals surface area contributed by atoms with Gasteiger partial charge in [0.2, 0.25) is 5.89 Å². The van der Waals surface area contributed by atoms with Crippen molar-refractivity contribution in [2.24, 2.45) is 4.99 Å². The van der Waals surface area contributed by atoms with Crippen molar-refractivity contribution >= 4 is 5.96 Å². The molecule has 152 valence electrons. The smallest absolute Gasteiger partial charge is 0.349 e. The maximum absolute atomic E-state index is 12.9. The summed E-state index contributed by atoms with van der Waals surface area (Å²) in [6, 6.07) is 5.51. The first-order valence-corrected chi connectivity index (χ1v) is 8.98. The summed E-state index contributed by atoms with van der Waals surface area (Å²) in [7, 11) is 1.71. The molecule has 10 heteroatoms. The number of aryl methyl sites for hydroxylation is 1. The maximum Gasteiger partial charge on any atom is 0.416 e. The summed E-state index contributed by atoms with van der Waals surface area (Å²) in [6.45, 7) is 5.56. The molecule has 0 saturated carbocycles. The number of aliphatic imine (C=N–C) groups is 1. The quantitative estimate of drug-likeness (QED) is 0.632. The Bertz CT molecular complexity index is 812. The summed E-state index contributed by atoms with van der Waals surface area (Å²) < 4.78 is 43.5. The third-order valence-corrected chi connectivity index (χ3v) is 4.52. The molecule has 1 aromatic carbocycles. The van der Waals surface area contributed by atoms with E-state index in [4.69, 9.17) is 4.52 Å². The minimum Gasteiger partial charge on any atom is -0.349 e. The lowest BCUT2D eigenvalue weighted by Gasteiger charge is -2.36. The fourth-order valence-corrected chi connectivity index (χ4v) is 3.13. The van der Waals surface area contributed by atoms with Crippen LogP contribution < -0.4 is 5.32 Å². The molecule has 1 fully saturated rings. The van der Waals surface area contributed by atoms with Gasteiger partial charge in [0, 0.05) is 46.7 Å². The Morgan fingerprint density at radius 2 is 2.00 bits per heavy atom. The van der Waals surface area contributed by atoms with Crippen LogP contribution in [0.25, 0.3) is 0 Å². The van der Waals surface area contributed by atoms with Gasteiger partial charge < -0.3 is 14.7 Å². The number of rotatable bonds is 4. The molecule has 2 aromatic rings. The second-order valence-electron chi connectivity index (χ2n) is 6.59. The lowest BCUT2D eigenvalue weighted by Crippen LogP contribution is -2.52. The molecule has 1 saturated heterocycles. The van der Waals surface area contributed by atoms with Crippen LogP contribution >= 0.6 is 0 Å². The van der Waals surface area contributed by atoms with Gasteiger partial charge in [-0.15, -0.1) is 0 Å². The van der Waals surface area contributed by atoms with Crippen LogP contribution in [0.3, 0.4) is 0 Å². The van der Waals surface area contributed by atoms with Gasteiger partial charge >= 0.3 is 6.18 Å². The van der Waals surface area contributed by atoms with Gasteiger partial charge in [0.05, 0.1) is 12.1 Å². The van der Waals surface area contributed by atoms with Crippen molar-refractivity contribution in [3.8, 4) is 0 Å². The van der Waals surface area contributed by atoms with E-state index in [9.17, 15) is 13.2 Å². The number of benzene rings is 1. The van der Waals surface area contributed by atoms with E-state index in [1.165, 1.54) is 12.1 Å². The Hall–Kier alpha value is -2.62. The molecule has 2 heterocycles. The van der Waals surface area contributed by atoms with Crippen molar-refractivity contribution < 1.29 is 17.7 Å². The highest BCUT2D eigenvalue weighted by Gasteiger charge is 2.30. The molecular formula is C18H23F3N6O. The Kier molecular flexibility index (Phi) is 6.18. The van der Waals surface area contributed by atoms with Crippen LogP contribution in [0, 0.1) is 6.92 Å². The van der Waals surface area contributed by atoms with E-state index in [1.807, 2.05) is 0 Å². The monoisotopic (exact) mass is 396 g/mol. The van der Waals surface area contributed by atoms with Crippen molar-refractivity contribution in [3.63, 3.8) is 0 Å². The predicted octanol–water partition coefficient (Wildman–Crippen LogP) is 2.29. The van der Waals surface area contributed by atoms with Crippen LogP contribution in [0.4, 0.5) is 13.2 Å². The number of piperazine rings is 1. The lowest BCUT2D eigenvalue weighted by molar-refractivity contribution is -0.137. The normalized spacial score (nSPS) is 16.5. The van der Waals surface area contributed by atoms with E-state index in [-0.39, 0.29) is 0 Å². The first kappa shape index (κ1) is 20.1. The van der Waals surface area contributed by atoms with E-state index in [1.54, 1.807) is 20.0 Å². The summed E-state index contributed by atoms with van der Waals surface area (Å²) in [4.78, 5) is 12.7. The van der Waals surface area contributed by atoms with E-state index in [0.717, 1.165) is 38.2 Å². The van der Waals surface area contributed by atoms with Gasteiger partial charge in [-0.25, -0.2) is 0 Å². The zero-order chi connectivity index (χ0) is 20.1. The lowest BCUT2D eigenvalue weighted by atomic mass is 10.1. The molecule has 0 aliphatic carbocycles. The van der Waals surface area contributed by atoms with Crippen molar-refractivity contribution in [2.75, 3.05) is 33.2 Å². The van der Waals surface area contributed by atoms with E-state index >= 15 is 0 Å².